The van der Waals surface area contributed by atoms with Crippen molar-refractivity contribution in [3.63, 3.8) is 0 Å². The van der Waals surface area contributed by atoms with E-state index in [0.29, 0.717) is 28.3 Å². The number of allylic oxidation sites excluding steroid dienone is 1. The van der Waals surface area contributed by atoms with Crippen LogP contribution in [-0.4, -0.2) is 8.32 Å². The molecule has 3 aromatic carbocycles. The maximum atomic E-state index is 15.6. The summed E-state index contributed by atoms with van der Waals surface area (Å²) in [7, 11) is -2.54. The Bertz CT molecular complexity index is 1340. The van der Waals surface area contributed by atoms with Gasteiger partial charge in [-0.05, 0) is 77.3 Å². The highest BCUT2D eigenvalue weighted by Gasteiger charge is 2.47. The van der Waals surface area contributed by atoms with Crippen molar-refractivity contribution in [3.8, 4) is 11.5 Å². The van der Waals surface area contributed by atoms with Crippen molar-refractivity contribution in [2.45, 2.75) is 104 Å². The zero-order chi connectivity index (χ0) is 32.4. The minimum absolute atomic E-state index is 0.0118. The molecule has 44 heavy (non-hydrogen) atoms. The lowest BCUT2D eigenvalue weighted by molar-refractivity contribution is 0.305. The molecule has 3 rings (SSSR count). The van der Waals surface area contributed by atoms with Crippen LogP contribution in [0.4, 0.5) is 13.2 Å². The number of halogens is 4. The van der Waals surface area contributed by atoms with Crippen LogP contribution in [0.15, 0.2) is 60.7 Å². The van der Waals surface area contributed by atoms with Gasteiger partial charge in [-0.2, -0.15) is 0 Å². The molecule has 0 saturated carbocycles. The van der Waals surface area contributed by atoms with Gasteiger partial charge in [-0.3, -0.25) is 0 Å². The van der Waals surface area contributed by atoms with E-state index < -0.39 is 20.0 Å². The molecule has 3 aromatic rings. The smallest absolute Gasteiger partial charge is 0.259 e. The number of hydrogen-bond acceptors (Lipinski definition) is 2. The number of rotatable bonds is 16. The summed E-state index contributed by atoms with van der Waals surface area (Å²) < 4.78 is 57.8. The Hall–Kier alpha value is -2.70. The number of hydrogen-bond donors (Lipinski definition) is 0. The SMILES string of the molecule is CCCCCC(C=Cc1cc(F)ccc1OCc1ccccc1Cl)Cc1cc(F)c(O[Si](C(C)C)(C(C)C)C(C)C)c(F)c1. The van der Waals surface area contributed by atoms with Gasteiger partial charge in [0.1, 0.15) is 18.2 Å². The van der Waals surface area contributed by atoms with Gasteiger partial charge in [0.2, 0.25) is 0 Å². The van der Waals surface area contributed by atoms with E-state index in [1.165, 1.54) is 24.3 Å². The van der Waals surface area contributed by atoms with Gasteiger partial charge in [-0.15, -0.1) is 0 Å². The Morgan fingerprint density at radius 2 is 1.48 bits per heavy atom. The van der Waals surface area contributed by atoms with Gasteiger partial charge in [-0.25, -0.2) is 13.2 Å². The molecule has 0 aromatic heterocycles. The van der Waals surface area contributed by atoms with Crippen molar-refractivity contribution in [2.75, 3.05) is 0 Å². The first-order valence-corrected chi connectivity index (χ1v) is 18.4. The van der Waals surface area contributed by atoms with Crippen molar-refractivity contribution in [1.29, 1.82) is 0 Å². The number of unbranched alkanes of at least 4 members (excludes halogenated alkanes) is 2. The summed E-state index contributed by atoms with van der Waals surface area (Å²) in [4.78, 5) is 0. The lowest BCUT2D eigenvalue weighted by atomic mass is 9.92. The minimum atomic E-state index is -2.54. The molecule has 0 spiro atoms. The van der Waals surface area contributed by atoms with Crippen LogP contribution in [0.1, 0.15) is 90.8 Å². The van der Waals surface area contributed by atoms with Gasteiger partial charge in [0.15, 0.2) is 17.4 Å². The molecule has 0 radical (unpaired) electrons. The molecular formula is C37H48ClF3O2Si. The van der Waals surface area contributed by atoms with E-state index in [9.17, 15) is 4.39 Å². The summed E-state index contributed by atoms with van der Waals surface area (Å²) in [5.41, 5.74) is 2.56. The molecule has 0 saturated heterocycles. The minimum Gasteiger partial charge on any atom is -0.539 e. The summed E-state index contributed by atoms with van der Waals surface area (Å²) in [6, 6.07) is 14.7. The third-order valence-corrected chi connectivity index (χ3v) is 14.9. The molecule has 0 amide bonds. The first-order valence-electron chi connectivity index (χ1n) is 15.9. The fourth-order valence-corrected chi connectivity index (χ4v) is 11.8. The van der Waals surface area contributed by atoms with Crippen LogP contribution in [0.25, 0.3) is 6.08 Å². The zero-order valence-corrected chi connectivity index (χ0v) is 29.0. The van der Waals surface area contributed by atoms with Gasteiger partial charge in [0.05, 0.1) is 0 Å². The zero-order valence-electron chi connectivity index (χ0n) is 27.2. The van der Waals surface area contributed by atoms with Gasteiger partial charge in [0.25, 0.3) is 8.32 Å². The lowest BCUT2D eigenvalue weighted by Crippen LogP contribution is -2.51. The average Bonchev–Trinajstić information content (AvgIpc) is 2.95. The molecule has 0 bridgehead atoms. The van der Waals surface area contributed by atoms with Crippen molar-refractivity contribution in [1.82, 2.24) is 0 Å². The van der Waals surface area contributed by atoms with Crippen LogP contribution >= 0.6 is 11.6 Å². The second kappa shape index (κ2) is 16.6. The standard InChI is InChI=1S/C37H48ClF3O2Si/c1-8-9-10-13-28(16-17-30-23-32(39)18-19-36(30)42-24-31-14-11-12-15-33(31)38)20-29-21-34(40)37(35(41)22-29)43-44(25(2)3,26(4)5)27(6)7/h11-12,14-19,21-23,25-28H,8-10,13,20,24H2,1-7H3. The molecular weight excluding hydrogens is 597 g/mol. The average molecular weight is 645 g/mol. The second-order valence-electron chi connectivity index (χ2n) is 12.7. The molecule has 0 aliphatic heterocycles. The summed E-state index contributed by atoms with van der Waals surface area (Å²) in [5, 5.41) is 0.601. The van der Waals surface area contributed by atoms with Gasteiger partial charge < -0.3 is 9.16 Å². The second-order valence-corrected chi connectivity index (χ2v) is 18.5. The molecule has 0 aliphatic carbocycles. The molecule has 240 valence electrons. The van der Waals surface area contributed by atoms with Gasteiger partial charge >= 0.3 is 0 Å². The normalized spacial score (nSPS) is 13.0. The fourth-order valence-electron chi connectivity index (χ4n) is 6.38. The third-order valence-electron chi connectivity index (χ3n) is 8.58. The Morgan fingerprint density at radius 1 is 0.841 bits per heavy atom. The molecule has 0 heterocycles. The molecule has 1 atom stereocenters. The highest BCUT2D eigenvalue weighted by molar-refractivity contribution is 6.78. The monoisotopic (exact) mass is 644 g/mol. The molecule has 2 nitrogen and oxygen atoms in total. The first kappa shape index (κ1) is 35.8. The van der Waals surface area contributed by atoms with E-state index in [2.05, 4.69) is 48.5 Å². The molecule has 1 unspecified atom stereocenters. The van der Waals surface area contributed by atoms with Crippen molar-refractivity contribution >= 4 is 26.0 Å². The summed E-state index contributed by atoms with van der Waals surface area (Å²) in [6.45, 7) is 14.9. The Kier molecular flexibility index (Phi) is 13.5. The number of benzene rings is 3. The Labute approximate surface area is 268 Å². The summed E-state index contributed by atoms with van der Waals surface area (Å²) in [6.07, 6.45) is 8.21. The highest BCUT2D eigenvalue weighted by atomic mass is 35.5. The van der Waals surface area contributed by atoms with Crippen molar-refractivity contribution in [2.24, 2.45) is 5.92 Å². The fraction of sp³-hybridized carbons (Fsp3) is 0.459. The van der Waals surface area contributed by atoms with E-state index in [1.807, 2.05) is 30.4 Å². The quantitative estimate of drug-likeness (QED) is 0.114. The van der Waals surface area contributed by atoms with Crippen LogP contribution in [0.3, 0.4) is 0 Å². The predicted molar refractivity (Wildman–Crippen MR) is 181 cm³/mol. The van der Waals surface area contributed by atoms with Crippen LogP contribution in [0, 0.1) is 23.4 Å². The van der Waals surface area contributed by atoms with Crippen molar-refractivity contribution < 1.29 is 22.3 Å². The van der Waals surface area contributed by atoms with E-state index in [-0.39, 0.29) is 40.7 Å². The van der Waals surface area contributed by atoms with Gasteiger partial charge in [-0.1, -0.05) is 110 Å². The first-order chi connectivity index (χ1) is 20.9. The third kappa shape index (κ3) is 9.17. The number of ether oxygens (including phenoxy) is 1. The predicted octanol–water partition coefficient (Wildman–Crippen LogP) is 12.3. The molecule has 0 fully saturated rings. The highest BCUT2D eigenvalue weighted by Crippen LogP contribution is 2.44. The lowest BCUT2D eigenvalue weighted by Gasteiger charge is -2.42. The van der Waals surface area contributed by atoms with E-state index in [1.54, 1.807) is 12.1 Å². The van der Waals surface area contributed by atoms with E-state index >= 15 is 8.78 Å². The maximum absolute atomic E-state index is 15.6. The van der Waals surface area contributed by atoms with Crippen molar-refractivity contribution in [3.05, 3.63) is 99.8 Å². The molecule has 7 heteroatoms. The molecule has 0 N–H and O–H groups in total. The Morgan fingerprint density at radius 3 is 2.07 bits per heavy atom. The topological polar surface area (TPSA) is 18.5 Å². The van der Waals surface area contributed by atoms with E-state index in [4.69, 9.17) is 20.8 Å². The van der Waals surface area contributed by atoms with E-state index in [0.717, 1.165) is 31.2 Å². The molecule has 0 aliphatic rings. The maximum Gasteiger partial charge on any atom is 0.259 e. The largest absolute Gasteiger partial charge is 0.539 e. The van der Waals surface area contributed by atoms with Crippen LogP contribution in [0.2, 0.25) is 21.6 Å². The summed E-state index contributed by atoms with van der Waals surface area (Å²) >= 11 is 6.29. The van der Waals surface area contributed by atoms with Crippen LogP contribution in [0.5, 0.6) is 11.5 Å². The summed E-state index contributed by atoms with van der Waals surface area (Å²) in [5.74, 6) is -1.43. The van der Waals surface area contributed by atoms with Crippen LogP contribution < -0.4 is 9.16 Å². The van der Waals surface area contributed by atoms with Gasteiger partial charge in [0, 0.05) is 16.1 Å². The Balaban J connectivity index is 1.87. The van der Waals surface area contributed by atoms with Crippen LogP contribution in [-0.2, 0) is 13.0 Å².